The Morgan fingerprint density at radius 2 is 1.97 bits per heavy atom. The van der Waals surface area contributed by atoms with Crippen molar-refractivity contribution >= 4 is 35.3 Å². The summed E-state index contributed by atoms with van der Waals surface area (Å²) >= 11 is 0. The second kappa shape index (κ2) is 8.78. The molecule has 5 heterocycles. The lowest BCUT2D eigenvalue weighted by molar-refractivity contribution is -0.123. The Hall–Kier alpha value is -3.20. The molecular formula is C26H34N8O. The summed E-state index contributed by atoms with van der Waals surface area (Å²) in [5.74, 6) is 2.10. The van der Waals surface area contributed by atoms with Crippen molar-refractivity contribution in [1.29, 1.82) is 0 Å². The molecule has 3 aliphatic heterocycles. The van der Waals surface area contributed by atoms with Crippen molar-refractivity contribution in [3.05, 3.63) is 36.2 Å². The average Bonchev–Trinajstić information content (AvgIpc) is 2.89. The number of nitrogens with zero attached hydrogens (tertiary/aromatic N) is 6. The quantitative estimate of drug-likeness (QED) is 0.702. The molecule has 2 atom stereocenters. The van der Waals surface area contributed by atoms with E-state index >= 15 is 0 Å². The molecule has 2 N–H and O–H groups in total. The van der Waals surface area contributed by atoms with Gasteiger partial charge in [0.2, 0.25) is 11.9 Å². The summed E-state index contributed by atoms with van der Waals surface area (Å²) in [5.41, 5.74) is 2.01. The molecule has 4 aliphatic rings. The fourth-order valence-electron chi connectivity index (χ4n) is 6.00. The van der Waals surface area contributed by atoms with Gasteiger partial charge in [0, 0.05) is 44.0 Å². The standard InChI is InChI=1S/C26H34N8O/c1-18-16-33(13-12-32(18)2)20-7-9-22(27-15-20)30-25-28-14-19-6-8-21-24(35)29-17-26(10-4-3-5-11-26)34(21)23(19)31-25/h6-9,14-15,18,21H,3-5,10-13,16-17H2,1-2H3,(H,29,35)(H,27,28,30,31)/t18-,21?/m0/s1. The number of hydrogen-bond donors (Lipinski definition) is 2. The minimum absolute atomic E-state index is 0.0479. The first-order valence-corrected chi connectivity index (χ1v) is 12.8. The van der Waals surface area contributed by atoms with Crippen LogP contribution in [-0.4, -0.2) is 76.6 Å². The first-order chi connectivity index (χ1) is 17.0. The molecule has 1 amide bonds. The zero-order valence-electron chi connectivity index (χ0n) is 20.6. The fourth-order valence-corrected chi connectivity index (χ4v) is 6.00. The Balaban J connectivity index is 1.24. The smallest absolute Gasteiger partial charge is 0.246 e. The van der Waals surface area contributed by atoms with Gasteiger partial charge in [0.1, 0.15) is 17.7 Å². The number of nitrogens with one attached hydrogen (secondary N) is 2. The Kier molecular flexibility index (Phi) is 5.59. The van der Waals surface area contributed by atoms with Crippen LogP contribution in [-0.2, 0) is 4.79 Å². The summed E-state index contributed by atoms with van der Waals surface area (Å²) in [6, 6.07) is 4.30. The van der Waals surface area contributed by atoms with Crippen molar-refractivity contribution in [1.82, 2.24) is 25.2 Å². The molecule has 0 radical (unpaired) electrons. The van der Waals surface area contributed by atoms with E-state index in [2.05, 4.69) is 55.3 Å². The first-order valence-electron chi connectivity index (χ1n) is 12.8. The van der Waals surface area contributed by atoms with Gasteiger partial charge in [-0.05, 0) is 38.9 Å². The van der Waals surface area contributed by atoms with E-state index in [-0.39, 0.29) is 17.5 Å². The number of hydrogen-bond acceptors (Lipinski definition) is 8. The summed E-state index contributed by atoms with van der Waals surface area (Å²) in [6.45, 7) is 5.99. The molecule has 9 heteroatoms. The van der Waals surface area contributed by atoms with Gasteiger partial charge in [0.15, 0.2) is 0 Å². The molecular weight excluding hydrogens is 440 g/mol. The maximum Gasteiger partial charge on any atom is 0.246 e. The molecule has 0 aromatic carbocycles. The molecule has 3 fully saturated rings. The minimum Gasteiger partial charge on any atom is -0.367 e. The summed E-state index contributed by atoms with van der Waals surface area (Å²) in [5, 5.41) is 6.44. The second-order valence-electron chi connectivity index (χ2n) is 10.5. The number of pyridine rings is 1. The molecule has 2 saturated heterocycles. The molecule has 2 aromatic heterocycles. The van der Waals surface area contributed by atoms with Gasteiger partial charge in [-0.2, -0.15) is 4.98 Å². The number of amides is 1. The summed E-state index contributed by atoms with van der Waals surface area (Å²) < 4.78 is 0. The average molecular weight is 475 g/mol. The highest BCUT2D eigenvalue weighted by Gasteiger charge is 2.49. The maximum atomic E-state index is 12.8. The van der Waals surface area contributed by atoms with Crippen LogP contribution in [0.15, 0.2) is 30.6 Å². The van der Waals surface area contributed by atoms with Crippen LogP contribution in [0.3, 0.4) is 0 Å². The van der Waals surface area contributed by atoms with Gasteiger partial charge < -0.3 is 25.3 Å². The predicted molar refractivity (Wildman–Crippen MR) is 138 cm³/mol. The van der Waals surface area contributed by atoms with Crippen LogP contribution in [0, 0.1) is 0 Å². The maximum absolute atomic E-state index is 12.8. The molecule has 2 aromatic rings. The minimum atomic E-state index is -0.319. The van der Waals surface area contributed by atoms with Crippen LogP contribution < -0.4 is 20.4 Å². The van der Waals surface area contributed by atoms with Crippen molar-refractivity contribution in [2.24, 2.45) is 0 Å². The monoisotopic (exact) mass is 474 g/mol. The molecule has 0 bridgehead atoms. The Morgan fingerprint density at radius 1 is 1.11 bits per heavy atom. The van der Waals surface area contributed by atoms with Gasteiger partial charge in [-0.25, -0.2) is 9.97 Å². The van der Waals surface area contributed by atoms with Gasteiger partial charge in [0.25, 0.3) is 0 Å². The van der Waals surface area contributed by atoms with E-state index in [1.54, 1.807) is 0 Å². The van der Waals surface area contributed by atoms with Crippen molar-refractivity contribution in [3.63, 3.8) is 0 Å². The summed E-state index contributed by atoms with van der Waals surface area (Å²) in [4.78, 5) is 33.9. The number of carbonyl (C=O) groups is 1. The SMILES string of the molecule is C[C@H]1CN(c2ccc(Nc3ncc4c(n3)N3C(C=C4)C(=O)NCC34CCCCC4)nc2)CCN1C. The molecule has 35 heavy (non-hydrogen) atoms. The van der Waals surface area contributed by atoms with Crippen LogP contribution in [0.25, 0.3) is 6.08 Å². The highest BCUT2D eigenvalue weighted by molar-refractivity contribution is 5.93. The second-order valence-corrected chi connectivity index (χ2v) is 10.5. The lowest BCUT2D eigenvalue weighted by Gasteiger charge is -2.54. The van der Waals surface area contributed by atoms with Crippen molar-refractivity contribution in [2.75, 3.05) is 48.3 Å². The normalized spacial score (nSPS) is 25.7. The molecule has 184 valence electrons. The molecule has 9 nitrogen and oxygen atoms in total. The van der Waals surface area contributed by atoms with E-state index in [4.69, 9.17) is 4.98 Å². The lowest BCUT2D eigenvalue weighted by atomic mass is 9.77. The van der Waals surface area contributed by atoms with Crippen molar-refractivity contribution < 1.29 is 4.79 Å². The first kappa shape index (κ1) is 22.3. The third kappa shape index (κ3) is 4.01. The summed E-state index contributed by atoms with van der Waals surface area (Å²) in [7, 11) is 2.18. The lowest BCUT2D eigenvalue weighted by Crippen LogP contribution is -2.69. The number of likely N-dealkylation sites (N-methyl/N-ethyl adjacent to an activating group) is 1. The third-order valence-corrected chi connectivity index (χ3v) is 8.23. The van der Waals surface area contributed by atoms with Crippen LogP contribution in [0.2, 0.25) is 0 Å². The topological polar surface area (TPSA) is 89.5 Å². The van der Waals surface area contributed by atoms with E-state index in [9.17, 15) is 4.79 Å². The van der Waals surface area contributed by atoms with Crippen LogP contribution in [0.4, 0.5) is 23.3 Å². The van der Waals surface area contributed by atoms with Crippen LogP contribution >= 0.6 is 0 Å². The third-order valence-electron chi connectivity index (χ3n) is 8.23. The largest absolute Gasteiger partial charge is 0.367 e. The van der Waals surface area contributed by atoms with E-state index in [1.807, 2.05) is 30.6 Å². The molecule has 1 aliphatic carbocycles. The molecule has 1 spiro atoms. The predicted octanol–water partition coefficient (Wildman–Crippen LogP) is 2.79. The van der Waals surface area contributed by atoms with Gasteiger partial charge in [-0.15, -0.1) is 0 Å². The number of rotatable bonds is 3. The van der Waals surface area contributed by atoms with E-state index in [0.717, 1.165) is 49.5 Å². The summed E-state index contributed by atoms with van der Waals surface area (Å²) in [6.07, 6.45) is 13.5. The Bertz CT molecular complexity index is 1130. The van der Waals surface area contributed by atoms with E-state index < -0.39 is 0 Å². The highest BCUT2D eigenvalue weighted by atomic mass is 16.2. The van der Waals surface area contributed by atoms with Crippen molar-refractivity contribution in [2.45, 2.75) is 56.7 Å². The molecule has 6 rings (SSSR count). The molecule has 1 unspecified atom stereocenters. The van der Waals surface area contributed by atoms with Gasteiger partial charge >= 0.3 is 0 Å². The number of fused-ring (bicyclic) bond motifs is 4. The zero-order chi connectivity index (χ0) is 24.0. The number of aromatic nitrogens is 3. The van der Waals surface area contributed by atoms with Gasteiger partial charge in [0.05, 0.1) is 17.4 Å². The number of anilines is 4. The van der Waals surface area contributed by atoms with Gasteiger partial charge in [-0.3, -0.25) is 4.79 Å². The van der Waals surface area contributed by atoms with E-state index in [1.165, 1.54) is 19.3 Å². The number of piperazine rings is 2. The zero-order valence-corrected chi connectivity index (χ0v) is 20.6. The Labute approximate surface area is 206 Å². The fraction of sp³-hybridized carbons (Fsp3) is 0.538. The molecule has 1 saturated carbocycles. The van der Waals surface area contributed by atoms with Crippen LogP contribution in [0.5, 0.6) is 0 Å². The van der Waals surface area contributed by atoms with Crippen LogP contribution in [0.1, 0.15) is 44.6 Å². The van der Waals surface area contributed by atoms with Gasteiger partial charge in [-0.1, -0.05) is 31.4 Å². The number of carbonyl (C=O) groups excluding carboxylic acids is 1. The van der Waals surface area contributed by atoms with Crippen molar-refractivity contribution in [3.8, 4) is 0 Å². The Morgan fingerprint density at radius 3 is 2.74 bits per heavy atom. The highest BCUT2D eigenvalue weighted by Crippen LogP contribution is 2.42. The van der Waals surface area contributed by atoms with E-state index in [0.29, 0.717) is 24.4 Å².